The van der Waals surface area contributed by atoms with Crippen molar-refractivity contribution in [3.63, 3.8) is 0 Å². The van der Waals surface area contributed by atoms with E-state index in [0.717, 1.165) is 12.1 Å². The Balaban J connectivity index is 1.80. The minimum Gasteiger partial charge on any atom is -0.328 e. The highest BCUT2D eigenvalue weighted by Gasteiger charge is 2.31. The van der Waals surface area contributed by atoms with E-state index in [9.17, 15) is 0 Å². The molecule has 2 aliphatic rings. The van der Waals surface area contributed by atoms with E-state index in [1.165, 1.54) is 51.9 Å². The molecule has 0 bridgehead atoms. The van der Waals surface area contributed by atoms with Crippen molar-refractivity contribution in [1.29, 1.82) is 0 Å². The van der Waals surface area contributed by atoms with Gasteiger partial charge in [0.25, 0.3) is 0 Å². The second kappa shape index (κ2) is 5.48. The lowest BCUT2D eigenvalue weighted by Crippen LogP contribution is -2.46. The Kier molecular flexibility index (Phi) is 4.22. The number of hydrogen-bond acceptors (Lipinski definition) is 3. The van der Waals surface area contributed by atoms with E-state index in [2.05, 4.69) is 23.6 Å². The van der Waals surface area contributed by atoms with Crippen LogP contribution in [0.15, 0.2) is 0 Å². The lowest BCUT2D eigenvalue weighted by atomic mass is 10.0. The topological polar surface area (TPSA) is 32.5 Å². The fourth-order valence-corrected chi connectivity index (χ4v) is 3.01. The summed E-state index contributed by atoms with van der Waals surface area (Å²) in [5.41, 5.74) is 5.96. The molecule has 0 spiro atoms. The van der Waals surface area contributed by atoms with Crippen molar-refractivity contribution < 1.29 is 0 Å². The molecule has 2 fully saturated rings. The summed E-state index contributed by atoms with van der Waals surface area (Å²) in [5.74, 6) is 0. The third-order valence-electron chi connectivity index (χ3n) is 4.50. The average molecular weight is 225 g/mol. The van der Waals surface area contributed by atoms with Crippen LogP contribution < -0.4 is 5.73 Å². The Bertz CT molecular complexity index is 211. The normalized spacial score (nSPS) is 32.1. The first-order valence-electron chi connectivity index (χ1n) is 6.94. The molecule has 0 aliphatic carbocycles. The van der Waals surface area contributed by atoms with E-state index < -0.39 is 0 Å². The largest absolute Gasteiger partial charge is 0.328 e. The van der Waals surface area contributed by atoms with Gasteiger partial charge in [0, 0.05) is 31.2 Å². The molecular weight excluding hydrogens is 198 g/mol. The Labute approximate surface area is 100.0 Å². The number of nitrogens with zero attached hydrogens (tertiary/aromatic N) is 2. The van der Waals surface area contributed by atoms with Gasteiger partial charge in [0.05, 0.1) is 0 Å². The summed E-state index contributed by atoms with van der Waals surface area (Å²) in [7, 11) is 0. The van der Waals surface area contributed by atoms with Gasteiger partial charge < -0.3 is 5.73 Å². The van der Waals surface area contributed by atoms with Crippen molar-refractivity contribution in [2.45, 2.75) is 57.7 Å². The first-order valence-corrected chi connectivity index (χ1v) is 6.94. The van der Waals surface area contributed by atoms with Crippen LogP contribution in [0.3, 0.4) is 0 Å². The van der Waals surface area contributed by atoms with Gasteiger partial charge >= 0.3 is 0 Å². The van der Waals surface area contributed by atoms with Crippen LogP contribution in [-0.4, -0.2) is 54.1 Å². The number of nitrogens with two attached hydrogens (primary N) is 1. The minimum absolute atomic E-state index is 0.461. The first-order chi connectivity index (χ1) is 7.70. The summed E-state index contributed by atoms with van der Waals surface area (Å²) in [6.45, 7) is 9.67. The maximum Gasteiger partial charge on any atom is 0.0235 e. The molecule has 0 radical (unpaired) electrons. The van der Waals surface area contributed by atoms with Crippen LogP contribution in [0.5, 0.6) is 0 Å². The summed E-state index contributed by atoms with van der Waals surface area (Å²) in [6, 6.07) is 2.03. The molecule has 2 saturated heterocycles. The van der Waals surface area contributed by atoms with Gasteiger partial charge in [-0.15, -0.1) is 0 Å². The molecule has 0 saturated carbocycles. The number of likely N-dealkylation sites (tertiary alicyclic amines) is 2. The SMILES string of the molecule is CCC(C)N1CCC(N2CCC(N)CC2)C1. The second-order valence-corrected chi connectivity index (χ2v) is 5.57. The highest BCUT2D eigenvalue weighted by Crippen LogP contribution is 2.21. The van der Waals surface area contributed by atoms with E-state index >= 15 is 0 Å². The molecule has 3 heteroatoms. The van der Waals surface area contributed by atoms with Crippen molar-refractivity contribution in [1.82, 2.24) is 9.80 Å². The summed E-state index contributed by atoms with van der Waals surface area (Å²) < 4.78 is 0. The number of piperidine rings is 1. The summed E-state index contributed by atoms with van der Waals surface area (Å²) in [4.78, 5) is 5.32. The van der Waals surface area contributed by atoms with Crippen LogP contribution in [0.2, 0.25) is 0 Å². The van der Waals surface area contributed by atoms with Crippen molar-refractivity contribution in [2.75, 3.05) is 26.2 Å². The van der Waals surface area contributed by atoms with Gasteiger partial charge in [-0.1, -0.05) is 6.92 Å². The average Bonchev–Trinajstić information content (AvgIpc) is 2.78. The Morgan fingerprint density at radius 2 is 1.88 bits per heavy atom. The van der Waals surface area contributed by atoms with Crippen LogP contribution >= 0.6 is 0 Å². The molecule has 2 N–H and O–H groups in total. The van der Waals surface area contributed by atoms with Gasteiger partial charge in [-0.2, -0.15) is 0 Å². The zero-order chi connectivity index (χ0) is 11.5. The van der Waals surface area contributed by atoms with Crippen LogP contribution in [0.25, 0.3) is 0 Å². The second-order valence-electron chi connectivity index (χ2n) is 5.57. The summed E-state index contributed by atoms with van der Waals surface area (Å²) >= 11 is 0. The van der Waals surface area contributed by atoms with Crippen molar-refractivity contribution in [3.05, 3.63) is 0 Å². The molecule has 2 rings (SSSR count). The lowest BCUT2D eigenvalue weighted by Gasteiger charge is -2.35. The Morgan fingerprint density at radius 3 is 2.50 bits per heavy atom. The predicted molar refractivity (Wildman–Crippen MR) is 68.5 cm³/mol. The monoisotopic (exact) mass is 225 g/mol. The van der Waals surface area contributed by atoms with Crippen molar-refractivity contribution in [2.24, 2.45) is 5.73 Å². The van der Waals surface area contributed by atoms with Crippen molar-refractivity contribution >= 4 is 0 Å². The Morgan fingerprint density at radius 1 is 1.19 bits per heavy atom. The smallest absolute Gasteiger partial charge is 0.0235 e. The van der Waals surface area contributed by atoms with Gasteiger partial charge in [-0.05, 0) is 45.7 Å². The van der Waals surface area contributed by atoms with Gasteiger partial charge in [0.15, 0.2) is 0 Å². The summed E-state index contributed by atoms with van der Waals surface area (Å²) in [6.07, 6.45) is 5.02. The molecule has 0 amide bonds. The zero-order valence-corrected chi connectivity index (χ0v) is 10.9. The molecule has 0 aromatic carbocycles. The molecule has 0 aromatic rings. The zero-order valence-electron chi connectivity index (χ0n) is 10.9. The van der Waals surface area contributed by atoms with E-state index in [0.29, 0.717) is 6.04 Å². The minimum atomic E-state index is 0.461. The predicted octanol–water partition coefficient (Wildman–Crippen LogP) is 1.28. The molecule has 2 unspecified atom stereocenters. The van der Waals surface area contributed by atoms with Gasteiger partial charge in [-0.25, -0.2) is 0 Å². The molecule has 2 heterocycles. The van der Waals surface area contributed by atoms with Crippen LogP contribution in [-0.2, 0) is 0 Å². The standard InChI is InChI=1S/C13H27N3/c1-3-11(2)16-9-6-13(10-16)15-7-4-12(14)5-8-15/h11-13H,3-10,14H2,1-2H3. The third kappa shape index (κ3) is 2.76. The van der Waals surface area contributed by atoms with E-state index in [4.69, 9.17) is 5.73 Å². The van der Waals surface area contributed by atoms with E-state index in [-0.39, 0.29) is 0 Å². The highest BCUT2D eigenvalue weighted by molar-refractivity contribution is 4.88. The lowest BCUT2D eigenvalue weighted by molar-refractivity contribution is 0.145. The fourth-order valence-electron chi connectivity index (χ4n) is 3.01. The molecule has 3 nitrogen and oxygen atoms in total. The molecule has 0 aromatic heterocycles. The Hall–Kier alpha value is -0.120. The molecule has 16 heavy (non-hydrogen) atoms. The molecule has 2 atom stereocenters. The van der Waals surface area contributed by atoms with E-state index in [1.54, 1.807) is 0 Å². The quantitative estimate of drug-likeness (QED) is 0.785. The molecule has 2 aliphatic heterocycles. The van der Waals surface area contributed by atoms with Crippen LogP contribution in [0.4, 0.5) is 0 Å². The van der Waals surface area contributed by atoms with Crippen molar-refractivity contribution in [3.8, 4) is 0 Å². The maximum absolute atomic E-state index is 5.96. The van der Waals surface area contributed by atoms with Gasteiger partial charge in [-0.3, -0.25) is 9.80 Å². The summed E-state index contributed by atoms with van der Waals surface area (Å²) in [5, 5.41) is 0. The maximum atomic E-state index is 5.96. The third-order valence-corrected chi connectivity index (χ3v) is 4.50. The fraction of sp³-hybridized carbons (Fsp3) is 1.00. The van der Waals surface area contributed by atoms with Gasteiger partial charge in [0.2, 0.25) is 0 Å². The first kappa shape index (κ1) is 12.3. The van der Waals surface area contributed by atoms with Crippen LogP contribution in [0.1, 0.15) is 39.5 Å². The van der Waals surface area contributed by atoms with Gasteiger partial charge in [0.1, 0.15) is 0 Å². The van der Waals surface area contributed by atoms with E-state index in [1.807, 2.05) is 0 Å². The van der Waals surface area contributed by atoms with Crippen LogP contribution in [0, 0.1) is 0 Å². The molecular formula is C13H27N3. The molecule has 94 valence electrons. The highest BCUT2D eigenvalue weighted by atomic mass is 15.3. The number of hydrogen-bond donors (Lipinski definition) is 1. The number of rotatable bonds is 3.